The molecular weight excluding hydrogens is 266 g/mol. The fourth-order valence-corrected chi connectivity index (χ4v) is 2.13. The summed E-state index contributed by atoms with van der Waals surface area (Å²) in [5.41, 5.74) is 0.891. The van der Waals surface area contributed by atoms with Crippen LogP contribution in [-0.4, -0.2) is 31.0 Å². The van der Waals surface area contributed by atoms with E-state index in [4.69, 9.17) is 9.15 Å². The third-order valence-electron chi connectivity index (χ3n) is 3.29. The van der Waals surface area contributed by atoms with Crippen LogP contribution >= 0.6 is 0 Å². The highest BCUT2D eigenvalue weighted by Gasteiger charge is 2.13. The van der Waals surface area contributed by atoms with Crippen LogP contribution in [0.2, 0.25) is 0 Å². The molecule has 116 valence electrons. The first-order chi connectivity index (χ1) is 10.1. The molecule has 1 heterocycles. The predicted molar refractivity (Wildman–Crippen MR) is 84.3 cm³/mol. The van der Waals surface area contributed by atoms with Crippen molar-refractivity contribution in [3.8, 4) is 0 Å². The molecule has 4 heteroatoms. The van der Waals surface area contributed by atoms with Crippen molar-refractivity contribution < 1.29 is 14.3 Å². The van der Waals surface area contributed by atoms with E-state index >= 15 is 0 Å². The van der Waals surface area contributed by atoms with Crippen LogP contribution in [-0.2, 0) is 4.74 Å². The first-order valence-electron chi connectivity index (χ1n) is 7.54. The summed E-state index contributed by atoms with van der Waals surface area (Å²) in [7, 11) is 0. The van der Waals surface area contributed by atoms with Gasteiger partial charge in [-0.25, -0.2) is 0 Å². The monoisotopic (exact) mass is 291 g/mol. The van der Waals surface area contributed by atoms with Crippen molar-refractivity contribution in [1.82, 2.24) is 5.32 Å². The molecule has 21 heavy (non-hydrogen) atoms. The Morgan fingerprint density at radius 1 is 1.19 bits per heavy atom. The van der Waals surface area contributed by atoms with Gasteiger partial charge in [-0.2, -0.15) is 0 Å². The average Bonchev–Trinajstić information content (AvgIpc) is 2.88. The lowest BCUT2D eigenvalue weighted by Crippen LogP contribution is -2.32. The summed E-state index contributed by atoms with van der Waals surface area (Å²) in [5, 5.41) is 14.3. The summed E-state index contributed by atoms with van der Waals surface area (Å²) in [6.07, 6.45) is -0.504. The molecule has 0 aliphatic rings. The van der Waals surface area contributed by atoms with Gasteiger partial charge in [0.2, 0.25) is 0 Å². The SMILES string of the molecule is CC(C)COCC(O)CNC(C)c1cc2ccccc2o1. The van der Waals surface area contributed by atoms with Crippen LogP contribution < -0.4 is 5.32 Å². The molecule has 0 amide bonds. The van der Waals surface area contributed by atoms with Gasteiger partial charge in [0.1, 0.15) is 11.3 Å². The van der Waals surface area contributed by atoms with E-state index in [0.29, 0.717) is 25.7 Å². The Hall–Kier alpha value is -1.36. The van der Waals surface area contributed by atoms with Crippen LogP contribution in [0.25, 0.3) is 11.0 Å². The molecule has 0 spiro atoms. The van der Waals surface area contributed by atoms with Crippen LogP contribution in [0.4, 0.5) is 0 Å². The van der Waals surface area contributed by atoms with Crippen LogP contribution in [0.5, 0.6) is 0 Å². The minimum absolute atomic E-state index is 0.0529. The lowest BCUT2D eigenvalue weighted by molar-refractivity contribution is 0.0249. The fraction of sp³-hybridized carbons (Fsp3) is 0.529. The van der Waals surface area contributed by atoms with Gasteiger partial charge >= 0.3 is 0 Å². The zero-order valence-electron chi connectivity index (χ0n) is 13.0. The molecule has 0 bridgehead atoms. The molecule has 0 radical (unpaired) electrons. The number of hydrogen-bond donors (Lipinski definition) is 2. The highest BCUT2D eigenvalue weighted by Crippen LogP contribution is 2.23. The molecule has 4 nitrogen and oxygen atoms in total. The summed E-state index contributed by atoms with van der Waals surface area (Å²) < 4.78 is 11.2. The van der Waals surface area contributed by atoms with Crippen LogP contribution in [0, 0.1) is 5.92 Å². The number of aliphatic hydroxyl groups is 1. The first kappa shape index (κ1) is 16.0. The molecule has 2 unspecified atom stereocenters. The number of ether oxygens (including phenoxy) is 1. The van der Waals surface area contributed by atoms with E-state index < -0.39 is 6.10 Å². The van der Waals surface area contributed by atoms with E-state index in [0.717, 1.165) is 16.7 Å². The average molecular weight is 291 g/mol. The summed E-state index contributed by atoms with van der Waals surface area (Å²) in [5.74, 6) is 1.37. The van der Waals surface area contributed by atoms with Gasteiger partial charge in [-0.15, -0.1) is 0 Å². The zero-order chi connectivity index (χ0) is 15.2. The molecule has 2 atom stereocenters. The van der Waals surface area contributed by atoms with Crippen molar-refractivity contribution in [3.63, 3.8) is 0 Å². The maximum Gasteiger partial charge on any atom is 0.134 e. The van der Waals surface area contributed by atoms with E-state index in [-0.39, 0.29) is 6.04 Å². The Morgan fingerprint density at radius 3 is 2.67 bits per heavy atom. The van der Waals surface area contributed by atoms with Gasteiger partial charge in [0.25, 0.3) is 0 Å². The number of hydrogen-bond acceptors (Lipinski definition) is 4. The Kier molecular flexibility index (Phi) is 5.79. The maximum absolute atomic E-state index is 9.88. The molecular formula is C17H25NO3. The third-order valence-corrected chi connectivity index (χ3v) is 3.29. The van der Waals surface area contributed by atoms with Gasteiger partial charge in [0, 0.05) is 18.5 Å². The predicted octanol–water partition coefficient (Wildman–Crippen LogP) is 3.12. The normalized spacial score (nSPS) is 14.7. The van der Waals surface area contributed by atoms with Gasteiger partial charge < -0.3 is 19.6 Å². The van der Waals surface area contributed by atoms with Crippen molar-refractivity contribution in [1.29, 1.82) is 0 Å². The second-order valence-electron chi connectivity index (χ2n) is 5.90. The summed E-state index contributed by atoms with van der Waals surface area (Å²) in [6, 6.07) is 10.0. The molecule has 0 saturated heterocycles. The molecule has 1 aromatic heterocycles. The lowest BCUT2D eigenvalue weighted by atomic mass is 10.2. The molecule has 2 aromatic rings. The molecule has 0 aliphatic carbocycles. The van der Waals surface area contributed by atoms with Crippen molar-refractivity contribution in [2.75, 3.05) is 19.8 Å². The Balaban J connectivity index is 1.79. The van der Waals surface area contributed by atoms with E-state index in [9.17, 15) is 5.11 Å². The number of nitrogens with one attached hydrogen (secondary N) is 1. The minimum Gasteiger partial charge on any atom is -0.459 e. The van der Waals surface area contributed by atoms with E-state index in [2.05, 4.69) is 19.2 Å². The number of rotatable bonds is 8. The Morgan fingerprint density at radius 2 is 1.95 bits per heavy atom. The maximum atomic E-state index is 9.88. The summed E-state index contributed by atoms with van der Waals surface area (Å²) >= 11 is 0. The van der Waals surface area contributed by atoms with Crippen LogP contribution in [0.1, 0.15) is 32.6 Å². The van der Waals surface area contributed by atoms with Crippen LogP contribution in [0.3, 0.4) is 0 Å². The molecule has 1 aromatic carbocycles. The highest BCUT2D eigenvalue weighted by molar-refractivity contribution is 5.77. The highest BCUT2D eigenvalue weighted by atomic mass is 16.5. The number of para-hydroxylation sites is 1. The third kappa shape index (κ3) is 4.84. The van der Waals surface area contributed by atoms with E-state index in [1.807, 2.05) is 37.3 Å². The lowest BCUT2D eigenvalue weighted by Gasteiger charge is -2.16. The quantitative estimate of drug-likeness (QED) is 0.784. The zero-order valence-corrected chi connectivity index (χ0v) is 13.0. The molecule has 0 aliphatic heterocycles. The van der Waals surface area contributed by atoms with Gasteiger partial charge in [-0.3, -0.25) is 0 Å². The number of furan rings is 1. The molecule has 0 fully saturated rings. The van der Waals surface area contributed by atoms with Crippen molar-refractivity contribution in [3.05, 3.63) is 36.1 Å². The second-order valence-corrected chi connectivity index (χ2v) is 5.90. The largest absolute Gasteiger partial charge is 0.459 e. The molecule has 2 rings (SSSR count). The number of aliphatic hydroxyl groups excluding tert-OH is 1. The van der Waals surface area contributed by atoms with Gasteiger partial charge in [0.05, 0.1) is 18.8 Å². The van der Waals surface area contributed by atoms with Crippen molar-refractivity contribution in [2.24, 2.45) is 5.92 Å². The topological polar surface area (TPSA) is 54.6 Å². The smallest absolute Gasteiger partial charge is 0.134 e. The fourth-order valence-electron chi connectivity index (χ4n) is 2.13. The van der Waals surface area contributed by atoms with E-state index in [1.165, 1.54) is 0 Å². The Bertz CT molecular complexity index is 517. The standard InChI is InChI=1S/C17H25NO3/c1-12(2)10-20-11-15(19)9-18-13(3)17-8-14-6-4-5-7-16(14)21-17/h4-8,12-13,15,18-19H,9-11H2,1-3H3. The number of benzene rings is 1. The van der Waals surface area contributed by atoms with Gasteiger partial charge in [-0.05, 0) is 25.0 Å². The summed E-state index contributed by atoms with van der Waals surface area (Å²) in [4.78, 5) is 0. The summed E-state index contributed by atoms with van der Waals surface area (Å²) in [6.45, 7) is 7.73. The van der Waals surface area contributed by atoms with Gasteiger partial charge in [0.15, 0.2) is 0 Å². The molecule has 2 N–H and O–H groups in total. The molecule has 0 saturated carbocycles. The van der Waals surface area contributed by atoms with Crippen molar-refractivity contribution in [2.45, 2.75) is 32.9 Å². The van der Waals surface area contributed by atoms with Gasteiger partial charge in [-0.1, -0.05) is 32.0 Å². The minimum atomic E-state index is -0.504. The Labute approximate surface area is 126 Å². The second kappa shape index (κ2) is 7.59. The van der Waals surface area contributed by atoms with Crippen LogP contribution in [0.15, 0.2) is 34.7 Å². The van der Waals surface area contributed by atoms with Crippen molar-refractivity contribution >= 4 is 11.0 Å². The first-order valence-corrected chi connectivity index (χ1v) is 7.54. The number of fused-ring (bicyclic) bond motifs is 1. The van der Waals surface area contributed by atoms with E-state index in [1.54, 1.807) is 0 Å².